The standard InChI is InChI=1S/C12H10BrClN2O2S/c13-12-10(14)5-2-6-11(12)16-19(17,18)9-4-1-3-8(15)7-9/h1-7,16H,15H2. The Hall–Kier alpha value is -1.24. The molecule has 0 radical (unpaired) electrons. The molecule has 0 saturated heterocycles. The van der Waals surface area contributed by atoms with Crippen LogP contribution in [0.2, 0.25) is 5.02 Å². The number of nitrogen functional groups attached to an aromatic ring is 1. The quantitative estimate of drug-likeness (QED) is 0.822. The summed E-state index contributed by atoms with van der Waals surface area (Å²) in [5, 5.41) is 0.424. The van der Waals surface area contributed by atoms with Crippen LogP contribution in [-0.2, 0) is 10.0 Å². The Labute approximate surface area is 124 Å². The van der Waals surface area contributed by atoms with Crippen molar-refractivity contribution in [3.8, 4) is 0 Å². The summed E-state index contributed by atoms with van der Waals surface area (Å²) in [6.07, 6.45) is 0. The third kappa shape index (κ3) is 3.20. The molecular formula is C12H10BrClN2O2S. The molecule has 0 amide bonds. The molecule has 0 unspecified atom stereocenters. The molecule has 0 heterocycles. The molecular weight excluding hydrogens is 352 g/mol. The molecule has 19 heavy (non-hydrogen) atoms. The second kappa shape index (κ2) is 5.40. The van der Waals surface area contributed by atoms with Crippen molar-refractivity contribution in [1.82, 2.24) is 0 Å². The number of anilines is 2. The van der Waals surface area contributed by atoms with Gasteiger partial charge in [0.25, 0.3) is 10.0 Å². The molecule has 0 aromatic heterocycles. The summed E-state index contributed by atoms with van der Waals surface area (Å²) >= 11 is 9.15. The van der Waals surface area contributed by atoms with Crippen LogP contribution in [0.3, 0.4) is 0 Å². The van der Waals surface area contributed by atoms with E-state index in [1.807, 2.05) is 0 Å². The van der Waals surface area contributed by atoms with Crippen molar-refractivity contribution in [3.63, 3.8) is 0 Å². The van der Waals surface area contributed by atoms with Gasteiger partial charge in [0.05, 0.1) is 20.1 Å². The van der Waals surface area contributed by atoms with Crippen LogP contribution < -0.4 is 10.5 Å². The molecule has 7 heteroatoms. The molecule has 2 aromatic rings. The predicted octanol–water partition coefficient (Wildman–Crippen LogP) is 3.49. The number of nitrogens with two attached hydrogens (primary N) is 1. The maximum absolute atomic E-state index is 12.2. The Bertz CT molecular complexity index is 719. The fraction of sp³-hybridized carbons (Fsp3) is 0. The minimum absolute atomic E-state index is 0.0966. The Morgan fingerprint density at radius 1 is 1.16 bits per heavy atom. The van der Waals surface area contributed by atoms with E-state index in [9.17, 15) is 8.42 Å². The van der Waals surface area contributed by atoms with E-state index in [0.29, 0.717) is 20.9 Å². The van der Waals surface area contributed by atoms with Crippen molar-refractivity contribution in [2.45, 2.75) is 4.90 Å². The number of rotatable bonds is 3. The lowest BCUT2D eigenvalue weighted by Crippen LogP contribution is -2.13. The van der Waals surface area contributed by atoms with Gasteiger partial charge in [0.15, 0.2) is 0 Å². The molecule has 2 aromatic carbocycles. The zero-order valence-electron chi connectivity index (χ0n) is 9.60. The minimum Gasteiger partial charge on any atom is -0.399 e. The molecule has 0 aliphatic carbocycles. The van der Waals surface area contributed by atoms with Crippen molar-refractivity contribution in [1.29, 1.82) is 0 Å². The van der Waals surface area contributed by atoms with Crippen molar-refractivity contribution < 1.29 is 8.42 Å². The predicted molar refractivity (Wildman–Crippen MR) is 80.8 cm³/mol. The largest absolute Gasteiger partial charge is 0.399 e. The van der Waals surface area contributed by atoms with Gasteiger partial charge >= 0.3 is 0 Å². The zero-order chi connectivity index (χ0) is 14.0. The summed E-state index contributed by atoms with van der Waals surface area (Å²) in [5.74, 6) is 0. The summed E-state index contributed by atoms with van der Waals surface area (Å²) in [7, 11) is -3.69. The third-order valence-corrected chi connectivity index (χ3v) is 5.13. The van der Waals surface area contributed by atoms with Gasteiger partial charge in [-0.05, 0) is 46.3 Å². The number of halogens is 2. The number of sulfonamides is 1. The van der Waals surface area contributed by atoms with E-state index in [1.54, 1.807) is 30.3 Å². The first-order valence-electron chi connectivity index (χ1n) is 5.22. The smallest absolute Gasteiger partial charge is 0.262 e. The SMILES string of the molecule is Nc1cccc(S(=O)(=O)Nc2cccc(Cl)c2Br)c1. The number of hydrogen-bond donors (Lipinski definition) is 2. The Kier molecular flexibility index (Phi) is 4.03. The molecule has 0 aliphatic heterocycles. The van der Waals surface area contributed by atoms with Gasteiger partial charge in [-0.15, -0.1) is 0 Å². The van der Waals surface area contributed by atoms with Gasteiger partial charge in [-0.2, -0.15) is 0 Å². The van der Waals surface area contributed by atoms with Crippen molar-refractivity contribution in [3.05, 3.63) is 52.0 Å². The highest BCUT2D eigenvalue weighted by atomic mass is 79.9. The van der Waals surface area contributed by atoms with Crippen LogP contribution in [0.5, 0.6) is 0 Å². The number of nitrogens with one attached hydrogen (secondary N) is 1. The fourth-order valence-corrected chi connectivity index (χ4v) is 3.26. The topological polar surface area (TPSA) is 72.2 Å². The Morgan fingerprint density at radius 2 is 1.84 bits per heavy atom. The average Bonchev–Trinajstić information content (AvgIpc) is 2.35. The fourth-order valence-electron chi connectivity index (χ4n) is 1.47. The van der Waals surface area contributed by atoms with Crippen LogP contribution in [0.25, 0.3) is 0 Å². The van der Waals surface area contributed by atoms with Crippen LogP contribution in [0.1, 0.15) is 0 Å². The van der Waals surface area contributed by atoms with Crippen LogP contribution in [0.15, 0.2) is 51.8 Å². The van der Waals surface area contributed by atoms with Gasteiger partial charge in [0, 0.05) is 5.69 Å². The van der Waals surface area contributed by atoms with E-state index < -0.39 is 10.0 Å². The highest BCUT2D eigenvalue weighted by Crippen LogP contribution is 2.31. The van der Waals surface area contributed by atoms with Gasteiger partial charge in [-0.3, -0.25) is 4.72 Å². The number of hydrogen-bond acceptors (Lipinski definition) is 3. The maximum Gasteiger partial charge on any atom is 0.262 e. The second-order valence-electron chi connectivity index (χ2n) is 3.78. The van der Waals surface area contributed by atoms with E-state index in [1.165, 1.54) is 12.1 Å². The highest BCUT2D eigenvalue weighted by molar-refractivity contribution is 9.10. The van der Waals surface area contributed by atoms with Gasteiger partial charge in [0.2, 0.25) is 0 Å². The Morgan fingerprint density at radius 3 is 2.53 bits per heavy atom. The van der Waals surface area contributed by atoms with Gasteiger partial charge in [-0.1, -0.05) is 23.7 Å². The Balaban J connectivity index is 2.39. The molecule has 0 bridgehead atoms. The summed E-state index contributed by atoms with van der Waals surface area (Å²) in [6, 6.07) is 11.0. The van der Waals surface area contributed by atoms with Crippen LogP contribution in [0, 0.1) is 0 Å². The lowest BCUT2D eigenvalue weighted by Gasteiger charge is -2.10. The van der Waals surface area contributed by atoms with Crippen LogP contribution >= 0.6 is 27.5 Å². The van der Waals surface area contributed by atoms with E-state index in [4.69, 9.17) is 17.3 Å². The molecule has 2 rings (SSSR count). The molecule has 4 nitrogen and oxygen atoms in total. The first-order valence-corrected chi connectivity index (χ1v) is 7.88. The second-order valence-corrected chi connectivity index (χ2v) is 6.66. The first kappa shape index (κ1) is 14.2. The van der Waals surface area contributed by atoms with E-state index in [0.717, 1.165) is 0 Å². The van der Waals surface area contributed by atoms with Crippen molar-refractivity contribution in [2.75, 3.05) is 10.5 Å². The van der Waals surface area contributed by atoms with Crippen LogP contribution in [-0.4, -0.2) is 8.42 Å². The highest BCUT2D eigenvalue weighted by Gasteiger charge is 2.16. The van der Waals surface area contributed by atoms with Crippen molar-refractivity contribution >= 4 is 48.9 Å². The first-order chi connectivity index (χ1) is 8.90. The normalized spacial score (nSPS) is 11.3. The molecule has 0 atom stereocenters. The molecule has 0 saturated carbocycles. The van der Waals surface area contributed by atoms with E-state index in [-0.39, 0.29) is 4.90 Å². The summed E-state index contributed by atoms with van der Waals surface area (Å²) in [4.78, 5) is 0.0966. The zero-order valence-corrected chi connectivity index (χ0v) is 12.8. The maximum atomic E-state index is 12.2. The summed E-state index contributed by atoms with van der Waals surface area (Å²) < 4.78 is 27.3. The van der Waals surface area contributed by atoms with Crippen molar-refractivity contribution in [2.24, 2.45) is 0 Å². The lowest BCUT2D eigenvalue weighted by molar-refractivity contribution is 0.601. The average molecular weight is 362 g/mol. The van der Waals surface area contributed by atoms with Crippen LogP contribution in [0.4, 0.5) is 11.4 Å². The summed E-state index contributed by atoms with van der Waals surface area (Å²) in [6.45, 7) is 0. The third-order valence-electron chi connectivity index (χ3n) is 2.36. The number of benzene rings is 2. The molecule has 0 fully saturated rings. The van der Waals surface area contributed by atoms with E-state index >= 15 is 0 Å². The monoisotopic (exact) mass is 360 g/mol. The van der Waals surface area contributed by atoms with Gasteiger partial charge < -0.3 is 5.73 Å². The van der Waals surface area contributed by atoms with Gasteiger partial charge in [-0.25, -0.2) is 8.42 Å². The van der Waals surface area contributed by atoms with Gasteiger partial charge in [0.1, 0.15) is 0 Å². The molecule has 0 spiro atoms. The molecule has 0 aliphatic rings. The summed E-state index contributed by atoms with van der Waals surface area (Å²) in [5.41, 5.74) is 6.33. The minimum atomic E-state index is -3.69. The van der Waals surface area contributed by atoms with E-state index in [2.05, 4.69) is 20.7 Å². The lowest BCUT2D eigenvalue weighted by atomic mass is 10.3. The molecule has 3 N–H and O–H groups in total. The molecule has 100 valence electrons.